The van der Waals surface area contributed by atoms with E-state index >= 15 is 0 Å². The molecule has 2 unspecified atom stereocenters. The van der Waals surface area contributed by atoms with Crippen molar-refractivity contribution in [1.82, 2.24) is 4.90 Å². The predicted octanol–water partition coefficient (Wildman–Crippen LogP) is 1.16. The molecule has 1 rings (SSSR count). The van der Waals surface area contributed by atoms with Crippen molar-refractivity contribution in [3.63, 3.8) is 0 Å². The van der Waals surface area contributed by atoms with Crippen LogP contribution in [0.2, 0.25) is 0 Å². The molecule has 0 N–H and O–H groups in total. The highest BCUT2D eigenvalue weighted by Gasteiger charge is 2.35. The minimum absolute atomic E-state index is 0.104. The summed E-state index contributed by atoms with van der Waals surface area (Å²) < 4.78 is 0. The number of likely N-dealkylation sites (tertiary alicyclic amines) is 1. The summed E-state index contributed by atoms with van der Waals surface area (Å²) in [4.78, 5) is 13.0. The van der Waals surface area contributed by atoms with E-state index in [-0.39, 0.29) is 5.41 Å². The second-order valence-corrected chi connectivity index (χ2v) is 4.05. The van der Waals surface area contributed by atoms with Gasteiger partial charge in [-0.25, -0.2) is 0 Å². The van der Waals surface area contributed by atoms with Crippen LogP contribution in [0.1, 0.15) is 20.3 Å². The number of carbonyl (C=O) groups is 1. The van der Waals surface area contributed by atoms with E-state index < -0.39 is 0 Å². The lowest BCUT2D eigenvalue weighted by atomic mass is 9.75. The van der Waals surface area contributed by atoms with Crippen LogP contribution in [0.5, 0.6) is 0 Å². The van der Waals surface area contributed by atoms with Crippen molar-refractivity contribution in [2.75, 3.05) is 20.1 Å². The van der Waals surface area contributed by atoms with Crippen molar-refractivity contribution in [3.05, 3.63) is 0 Å². The van der Waals surface area contributed by atoms with Gasteiger partial charge in [0, 0.05) is 12.0 Å². The van der Waals surface area contributed by atoms with Gasteiger partial charge in [-0.3, -0.25) is 0 Å². The van der Waals surface area contributed by atoms with Gasteiger partial charge in [0.15, 0.2) is 0 Å². The van der Waals surface area contributed by atoms with E-state index in [1.165, 1.54) is 0 Å². The first-order valence-corrected chi connectivity index (χ1v) is 4.23. The minimum Gasteiger partial charge on any atom is -0.305 e. The highest BCUT2D eigenvalue weighted by atomic mass is 16.1. The SMILES string of the molecule is CC1CCN(C)CC1(C)C=O. The molecule has 0 aromatic heterocycles. The fourth-order valence-electron chi connectivity index (χ4n) is 1.71. The smallest absolute Gasteiger partial charge is 0.127 e. The monoisotopic (exact) mass is 155 g/mol. The standard InChI is InChI=1S/C9H17NO/c1-8-4-5-10(3)6-9(8,2)7-11/h7-8H,4-6H2,1-3H3. The van der Waals surface area contributed by atoms with Crippen molar-refractivity contribution >= 4 is 6.29 Å². The first-order chi connectivity index (χ1) is 5.08. The number of piperidine rings is 1. The van der Waals surface area contributed by atoms with Gasteiger partial charge < -0.3 is 9.69 Å². The van der Waals surface area contributed by atoms with Gasteiger partial charge in [-0.2, -0.15) is 0 Å². The zero-order valence-electron chi connectivity index (χ0n) is 7.63. The van der Waals surface area contributed by atoms with Crippen LogP contribution >= 0.6 is 0 Å². The Labute approximate surface area is 68.6 Å². The maximum absolute atomic E-state index is 10.8. The molecule has 0 spiro atoms. The molecule has 0 aromatic carbocycles. The molecular formula is C9H17NO. The van der Waals surface area contributed by atoms with Gasteiger partial charge in [-0.15, -0.1) is 0 Å². The summed E-state index contributed by atoms with van der Waals surface area (Å²) in [5, 5.41) is 0. The third-order valence-electron chi connectivity index (χ3n) is 2.95. The average Bonchev–Trinajstić information content (AvgIpc) is 1.98. The molecule has 1 fully saturated rings. The van der Waals surface area contributed by atoms with E-state index in [2.05, 4.69) is 25.8 Å². The summed E-state index contributed by atoms with van der Waals surface area (Å²) in [6.07, 6.45) is 2.26. The van der Waals surface area contributed by atoms with Gasteiger partial charge in [0.05, 0.1) is 0 Å². The van der Waals surface area contributed by atoms with Crippen LogP contribution in [-0.4, -0.2) is 31.3 Å². The van der Waals surface area contributed by atoms with Crippen LogP contribution in [0.15, 0.2) is 0 Å². The average molecular weight is 155 g/mol. The van der Waals surface area contributed by atoms with Gasteiger partial charge in [0.1, 0.15) is 6.29 Å². The summed E-state index contributed by atoms with van der Waals surface area (Å²) in [5.41, 5.74) is -0.104. The Bertz CT molecular complexity index is 158. The van der Waals surface area contributed by atoms with Crippen molar-refractivity contribution in [3.8, 4) is 0 Å². The maximum atomic E-state index is 10.8. The number of rotatable bonds is 1. The third-order valence-corrected chi connectivity index (χ3v) is 2.95. The number of hydrogen-bond acceptors (Lipinski definition) is 2. The highest BCUT2D eigenvalue weighted by Crippen LogP contribution is 2.32. The second-order valence-electron chi connectivity index (χ2n) is 4.05. The molecule has 1 saturated heterocycles. The lowest BCUT2D eigenvalue weighted by molar-refractivity contribution is -0.120. The fourth-order valence-corrected chi connectivity index (χ4v) is 1.71. The molecule has 0 bridgehead atoms. The van der Waals surface area contributed by atoms with E-state index in [0.717, 1.165) is 25.8 Å². The van der Waals surface area contributed by atoms with Crippen LogP contribution in [0.25, 0.3) is 0 Å². The van der Waals surface area contributed by atoms with Gasteiger partial charge in [-0.1, -0.05) is 13.8 Å². The van der Waals surface area contributed by atoms with Crippen molar-refractivity contribution < 1.29 is 4.79 Å². The topological polar surface area (TPSA) is 20.3 Å². The van der Waals surface area contributed by atoms with Crippen LogP contribution in [0.4, 0.5) is 0 Å². The molecule has 0 amide bonds. The largest absolute Gasteiger partial charge is 0.305 e. The van der Waals surface area contributed by atoms with E-state index in [1.807, 2.05) is 0 Å². The van der Waals surface area contributed by atoms with Gasteiger partial charge in [0.2, 0.25) is 0 Å². The van der Waals surface area contributed by atoms with Gasteiger partial charge >= 0.3 is 0 Å². The van der Waals surface area contributed by atoms with Crippen molar-refractivity contribution in [1.29, 1.82) is 0 Å². The Morgan fingerprint density at radius 3 is 2.73 bits per heavy atom. The van der Waals surface area contributed by atoms with Crippen LogP contribution in [0.3, 0.4) is 0 Å². The second kappa shape index (κ2) is 2.94. The lowest BCUT2D eigenvalue weighted by Gasteiger charge is -2.39. The predicted molar refractivity (Wildman–Crippen MR) is 45.4 cm³/mol. The zero-order valence-corrected chi connectivity index (χ0v) is 7.63. The lowest BCUT2D eigenvalue weighted by Crippen LogP contribution is -2.45. The first-order valence-electron chi connectivity index (χ1n) is 4.23. The van der Waals surface area contributed by atoms with Crippen LogP contribution in [0, 0.1) is 11.3 Å². The van der Waals surface area contributed by atoms with Crippen molar-refractivity contribution in [2.24, 2.45) is 11.3 Å². The highest BCUT2D eigenvalue weighted by molar-refractivity contribution is 5.59. The van der Waals surface area contributed by atoms with E-state index in [1.54, 1.807) is 0 Å². The normalized spacial score (nSPS) is 40.5. The molecule has 0 aromatic rings. The summed E-state index contributed by atoms with van der Waals surface area (Å²) in [5.74, 6) is 0.538. The molecule has 64 valence electrons. The Kier molecular flexibility index (Phi) is 2.33. The van der Waals surface area contributed by atoms with Crippen LogP contribution < -0.4 is 0 Å². The fraction of sp³-hybridized carbons (Fsp3) is 0.889. The number of carbonyl (C=O) groups excluding carboxylic acids is 1. The molecule has 1 heterocycles. The van der Waals surface area contributed by atoms with E-state index in [4.69, 9.17) is 0 Å². The number of nitrogens with zero attached hydrogens (tertiary/aromatic N) is 1. The molecular weight excluding hydrogens is 138 g/mol. The number of aldehydes is 1. The Morgan fingerprint density at radius 1 is 1.64 bits per heavy atom. The molecule has 2 atom stereocenters. The Hall–Kier alpha value is -0.370. The van der Waals surface area contributed by atoms with E-state index in [0.29, 0.717) is 5.92 Å². The summed E-state index contributed by atoms with van der Waals surface area (Å²) in [7, 11) is 2.08. The van der Waals surface area contributed by atoms with Crippen molar-refractivity contribution in [2.45, 2.75) is 20.3 Å². The summed E-state index contributed by atoms with van der Waals surface area (Å²) >= 11 is 0. The molecule has 0 aliphatic carbocycles. The third kappa shape index (κ3) is 1.62. The van der Waals surface area contributed by atoms with Crippen LogP contribution in [-0.2, 0) is 4.79 Å². The van der Waals surface area contributed by atoms with Gasteiger partial charge in [-0.05, 0) is 25.9 Å². The first kappa shape index (κ1) is 8.72. The molecule has 2 nitrogen and oxygen atoms in total. The summed E-state index contributed by atoms with van der Waals surface area (Å²) in [6.45, 7) is 6.27. The molecule has 1 aliphatic heterocycles. The number of hydrogen-bond donors (Lipinski definition) is 0. The zero-order chi connectivity index (χ0) is 8.48. The van der Waals surface area contributed by atoms with E-state index in [9.17, 15) is 4.79 Å². The molecule has 11 heavy (non-hydrogen) atoms. The quantitative estimate of drug-likeness (QED) is 0.530. The molecule has 1 aliphatic rings. The molecule has 2 heteroatoms. The Morgan fingerprint density at radius 2 is 2.27 bits per heavy atom. The maximum Gasteiger partial charge on any atom is 0.127 e. The molecule has 0 radical (unpaired) electrons. The Balaban J connectivity index is 2.67. The molecule has 0 saturated carbocycles. The minimum atomic E-state index is -0.104. The van der Waals surface area contributed by atoms with Gasteiger partial charge in [0.25, 0.3) is 0 Å². The summed E-state index contributed by atoms with van der Waals surface area (Å²) in [6, 6.07) is 0.